The van der Waals surface area contributed by atoms with Crippen molar-refractivity contribution in [1.29, 1.82) is 0 Å². The molecule has 2 heterocycles. The Bertz CT molecular complexity index is 329. The Morgan fingerprint density at radius 2 is 2.19 bits per heavy atom. The van der Waals surface area contributed by atoms with E-state index in [9.17, 15) is 4.79 Å². The molecule has 0 radical (unpaired) electrons. The minimum atomic E-state index is 0.219. The molecule has 0 bridgehead atoms. The summed E-state index contributed by atoms with van der Waals surface area (Å²) in [4.78, 5) is 20.0. The number of aromatic nitrogens is 1. The molecule has 0 unspecified atom stereocenters. The van der Waals surface area contributed by atoms with E-state index in [1.54, 1.807) is 6.26 Å². The first-order chi connectivity index (χ1) is 7.75. The fraction of sp³-hybridized carbons (Fsp3) is 0.636. The fourth-order valence-electron chi connectivity index (χ4n) is 1.81. The Morgan fingerprint density at radius 1 is 1.44 bits per heavy atom. The van der Waals surface area contributed by atoms with Gasteiger partial charge in [0.1, 0.15) is 6.26 Å². The van der Waals surface area contributed by atoms with Crippen molar-refractivity contribution in [2.24, 2.45) is 0 Å². The number of oxazole rings is 1. The topological polar surface area (TPSA) is 49.6 Å². The molecular formula is C11H17N3O2. The van der Waals surface area contributed by atoms with Gasteiger partial charge in [-0.1, -0.05) is 0 Å². The molecule has 1 aliphatic heterocycles. The highest BCUT2D eigenvalue weighted by Gasteiger charge is 2.18. The fourth-order valence-corrected chi connectivity index (χ4v) is 1.81. The van der Waals surface area contributed by atoms with E-state index in [-0.39, 0.29) is 5.91 Å². The maximum atomic E-state index is 11.8. The molecular weight excluding hydrogens is 206 g/mol. The third-order valence-electron chi connectivity index (χ3n) is 2.93. The third-order valence-corrected chi connectivity index (χ3v) is 2.93. The lowest BCUT2D eigenvalue weighted by Gasteiger charge is -2.32. The molecule has 1 amide bonds. The lowest BCUT2D eigenvalue weighted by Crippen LogP contribution is -2.47. The Hall–Kier alpha value is -1.36. The molecule has 0 aromatic carbocycles. The second-order valence-corrected chi connectivity index (χ2v) is 4.16. The van der Waals surface area contributed by atoms with Crippen LogP contribution < -0.4 is 0 Å². The molecule has 0 aliphatic carbocycles. The van der Waals surface area contributed by atoms with Gasteiger partial charge in [-0.2, -0.15) is 0 Å². The van der Waals surface area contributed by atoms with Crippen LogP contribution >= 0.6 is 0 Å². The van der Waals surface area contributed by atoms with Gasteiger partial charge in [0.25, 0.3) is 0 Å². The quantitative estimate of drug-likeness (QED) is 0.743. The van der Waals surface area contributed by atoms with Crippen molar-refractivity contribution < 1.29 is 9.21 Å². The molecule has 0 saturated carbocycles. The van der Waals surface area contributed by atoms with Crippen LogP contribution in [-0.4, -0.2) is 53.9 Å². The lowest BCUT2D eigenvalue weighted by atomic mass is 10.2. The van der Waals surface area contributed by atoms with Crippen molar-refractivity contribution in [3.63, 3.8) is 0 Å². The summed E-state index contributed by atoms with van der Waals surface area (Å²) in [6, 6.07) is 0. The largest absolute Gasteiger partial charge is 0.451 e. The molecule has 2 rings (SSSR count). The van der Waals surface area contributed by atoms with Crippen LogP contribution in [0.3, 0.4) is 0 Å². The van der Waals surface area contributed by atoms with Crippen LogP contribution in [0.5, 0.6) is 0 Å². The average Bonchev–Trinajstić information content (AvgIpc) is 2.80. The maximum Gasteiger partial charge on any atom is 0.223 e. The molecule has 1 saturated heterocycles. The standard InChI is InChI=1S/C11H17N3O2/c1-13-4-6-14(7-5-13)11(15)3-2-10-8-16-9-12-10/h8-9H,2-7H2,1H3. The number of carbonyl (C=O) groups is 1. The van der Waals surface area contributed by atoms with E-state index in [0.717, 1.165) is 31.9 Å². The van der Waals surface area contributed by atoms with Crippen molar-refractivity contribution in [1.82, 2.24) is 14.8 Å². The molecule has 1 fully saturated rings. The van der Waals surface area contributed by atoms with E-state index in [4.69, 9.17) is 4.42 Å². The van der Waals surface area contributed by atoms with Gasteiger partial charge in [-0.05, 0) is 7.05 Å². The number of hydrogen-bond acceptors (Lipinski definition) is 4. The van der Waals surface area contributed by atoms with Gasteiger partial charge in [-0.3, -0.25) is 4.79 Å². The van der Waals surface area contributed by atoms with Crippen LogP contribution in [0, 0.1) is 0 Å². The minimum Gasteiger partial charge on any atom is -0.451 e. The summed E-state index contributed by atoms with van der Waals surface area (Å²) in [5.41, 5.74) is 0.850. The Labute approximate surface area is 95.0 Å². The monoisotopic (exact) mass is 223 g/mol. The van der Waals surface area contributed by atoms with Gasteiger partial charge < -0.3 is 14.2 Å². The van der Waals surface area contributed by atoms with Gasteiger partial charge in [0.05, 0.1) is 5.69 Å². The van der Waals surface area contributed by atoms with Crippen LogP contribution in [0.1, 0.15) is 12.1 Å². The first-order valence-electron chi connectivity index (χ1n) is 5.59. The van der Waals surface area contributed by atoms with E-state index in [1.165, 1.54) is 6.39 Å². The molecule has 5 heteroatoms. The summed E-state index contributed by atoms with van der Waals surface area (Å²) >= 11 is 0. The molecule has 1 aromatic heterocycles. The first-order valence-corrected chi connectivity index (χ1v) is 5.59. The molecule has 16 heavy (non-hydrogen) atoms. The SMILES string of the molecule is CN1CCN(C(=O)CCc2cocn2)CC1. The van der Waals surface area contributed by atoms with Crippen molar-refractivity contribution in [2.45, 2.75) is 12.8 Å². The molecule has 0 N–H and O–H groups in total. The zero-order valence-corrected chi connectivity index (χ0v) is 9.56. The molecule has 1 aliphatic rings. The number of hydrogen-bond donors (Lipinski definition) is 0. The zero-order valence-electron chi connectivity index (χ0n) is 9.56. The Balaban J connectivity index is 1.75. The van der Waals surface area contributed by atoms with Crippen LogP contribution in [0.25, 0.3) is 0 Å². The maximum absolute atomic E-state index is 11.8. The van der Waals surface area contributed by atoms with Crippen LogP contribution in [0.15, 0.2) is 17.1 Å². The predicted molar refractivity (Wildman–Crippen MR) is 58.9 cm³/mol. The van der Waals surface area contributed by atoms with E-state index < -0.39 is 0 Å². The van der Waals surface area contributed by atoms with Crippen LogP contribution in [-0.2, 0) is 11.2 Å². The van der Waals surface area contributed by atoms with E-state index in [2.05, 4.69) is 16.9 Å². The van der Waals surface area contributed by atoms with Gasteiger partial charge >= 0.3 is 0 Å². The van der Waals surface area contributed by atoms with Gasteiger partial charge in [0.2, 0.25) is 5.91 Å². The Morgan fingerprint density at radius 3 is 2.81 bits per heavy atom. The van der Waals surface area contributed by atoms with E-state index >= 15 is 0 Å². The minimum absolute atomic E-state index is 0.219. The van der Waals surface area contributed by atoms with Crippen molar-refractivity contribution in [2.75, 3.05) is 33.2 Å². The van der Waals surface area contributed by atoms with Gasteiger partial charge in [0, 0.05) is 39.0 Å². The van der Waals surface area contributed by atoms with Crippen LogP contribution in [0.4, 0.5) is 0 Å². The van der Waals surface area contributed by atoms with E-state index in [1.807, 2.05) is 4.90 Å². The smallest absolute Gasteiger partial charge is 0.223 e. The number of amides is 1. The summed E-state index contributed by atoms with van der Waals surface area (Å²) in [7, 11) is 2.08. The average molecular weight is 223 g/mol. The summed E-state index contributed by atoms with van der Waals surface area (Å²) in [6.07, 6.45) is 4.19. The van der Waals surface area contributed by atoms with Crippen molar-refractivity contribution >= 4 is 5.91 Å². The highest BCUT2D eigenvalue weighted by molar-refractivity contribution is 5.76. The molecule has 1 aromatic rings. The van der Waals surface area contributed by atoms with Crippen LogP contribution in [0.2, 0.25) is 0 Å². The van der Waals surface area contributed by atoms with Gasteiger partial charge in [-0.25, -0.2) is 4.98 Å². The summed E-state index contributed by atoms with van der Waals surface area (Å²) < 4.78 is 4.86. The summed E-state index contributed by atoms with van der Waals surface area (Å²) in [5, 5.41) is 0. The number of aryl methyl sites for hydroxylation is 1. The van der Waals surface area contributed by atoms with Crippen molar-refractivity contribution in [3.8, 4) is 0 Å². The highest BCUT2D eigenvalue weighted by atomic mass is 16.3. The lowest BCUT2D eigenvalue weighted by molar-refractivity contribution is -0.132. The molecule has 5 nitrogen and oxygen atoms in total. The number of rotatable bonds is 3. The molecule has 88 valence electrons. The predicted octanol–water partition coefficient (Wildman–Crippen LogP) is 0.381. The normalized spacial score (nSPS) is 17.7. The number of likely N-dealkylation sites (N-methyl/N-ethyl adjacent to an activating group) is 1. The second-order valence-electron chi connectivity index (χ2n) is 4.16. The molecule has 0 spiro atoms. The summed E-state index contributed by atoms with van der Waals surface area (Å²) in [5.74, 6) is 0.219. The first kappa shape index (κ1) is 11.1. The third kappa shape index (κ3) is 2.82. The molecule has 0 atom stereocenters. The zero-order chi connectivity index (χ0) is 11.4. The van der Waals surface area contributed by atoms with Gasteiger partial charge in [-0.15, -0.1) is 0 Å². The highest BCUT2D eigenvalue weighted by Crippen LogP contribution is 2.05. The van der Waals surface area contributed by atoms with E-state index in [0.29, 0.717) is 12.8 Å². The Kier molecular flexibility index (Phi) is 3.56. The second kappa shape index (κ2) is 5.12. The summed E-state index contributed by atoms with van der Waals surface area (Å²) in [6.45, 7) is 3.62. The van der Waals surface area contributed by atoms with Crippen molar-refractivity contribution in [3.05, 3.63) is 18.4 Å². The van der Waals surface area contributed by atoms with Gasteiger partial charge in [0.15, 0.2) is 6.39 Å². The number of piperazine rings is 1. The number of carbonyl (C=O) groups excluding carboxylic acids is 1. The number of nitrogens with zero attached hydrogens (tertiary/aromatic N) is 3.